The third kappa shape index (κ3) is 3.56. The van der Waals surface area contributed by atoms with Crippen LogP contribution >= 0.6 is 0 Å². The topological polar surface area (TPSA) is 56.0 Å². The Morgan fingerprint density at radius 1 is 1.42 bits per heavy atom. The first-order valence-electron chi connectivity index (χ1n) is 7.11. The molecule has 3 unspecified atom stereocenters. The van der Waals surface area contributed by atoms with Crippen LogP contribution in [0.2, 0.25) is 0 Å². The van der Waals surface area contributed by atoms with E-state index < -0.39 is 0 Å². The molecule has 1 saturated carbocycles. The van der Waals surface area contributed by atoms with Gasteiger partial charge in [-0.05, 0) is 43.4 Å². The smallest absolute Gasteiger partial charge is 0.0991 e. The third-order valence-corrected chi connectivity index (χ3v) is 4.12. The van der Waals surface area contributed by atoms with Crippen molar-refractivity contribution in [2.45, 2.75) is 44.7 Å². The number of aliphatic hydroxyl groups is 1. The Bertz CT molecular complexity index is 452. The number of benzene rings is 1. The molecule has 0 aliphatic heterocycles. The summed E-state index contributed by atoms with van der Waals surface area (Å²) in [5, 5.41) is 22.0. The van der Waals surface area contributed by atoms with Crippen LogP contribution < -0.4 is 5.32 Å². The standard InChI is InChI=1S/C16H22N2O/c1-12(14-7-4-5-13(9-14)10-17)18-16-8-3-2-6-15(16)11-19/h4-5,7,9,12,15-16,18-19H,2-3,6,8,11H2,1H3. The predicted molar refractivity (Wildman–Crippen MR) is 75.5 cm³/mol. The molecule has 0 radical (unpaired) electrons. The first-order valence-corrected chi connectivity index (χ1v) is 7.11. The summed E-state index contributed by atoms with van der Waals surface area (Å²) >= 11 is 0. The van der Waals surface area contributed by atoms with Crippen molar-refractivity contribution in [2.75, 3.05) is 6.61 Å². The van der Waals surface area contributed by atoms with Crippen molar-refractivity contribution in [1.82, 2.24) is 5.32 Å². The van der Waals surface area contributed by atoms with Gasteiger partial charge in [0.2, 0.25) is 0 Å². The van der Waals surface area contributed by atoms with E-state index in [-0.39, 0.29) is 12.6 Å². The minimum absolute atomic E-state index is 0.213. The third-order valence-electron chi connectivity index (χ3n) is 4.12. The monoisotopic (exact) mass is 258 g/mol. The van der Waals surface area contributed by atoms with E-state index >= 15 is 0 Å². The second-order valence-electron chi connectivity index (χ2n) is 5.46. The molecule has 0 saturated heterocycles. The molecule has 2 N–H and O–H groups in total. The van der Waals surface area contributed by atoms with Crippen molar-refractivity contribution < 1.29 is 5.11 Å². The van der Waals surface area contributed by atoms with Gasteiger partial charge in [0.1, 0.15) is 0 Å². The highest BCUT2D eigenvalue weighted by Gasteiger charge is 2.25. The van der Waals surface area contributed by atoms with Gasteiger partial charge < -0.3 is 10.4 Å². The fourth-order valence-corrected chi connectivity index (χ4v) is 2.94. The van der Waals surface area contributed by atoms with Crippen molar-refractivity contribution >= 4 is 0 Å². The van der Waals surface area contributed by atoms with Crippen molar-refractivity contribution in [3.63, 3.8) is 0 Å². The Morgan fingerprint density at radius 3 is 2.95 bits per heavy atom. The number of rotatable bonds is 4. The summed E-state index contributed by atoms with van der Waals surface area (Å²) in [5.74, 6) is 0.371. The van der Waals surface area contributed by atoms with Gasteiger partial charge in [0.15, 0.2) is 0 Å². The number of aliphatic hydroxyl groups excluding tert-OH is 1. The summed E-state index contributed by atoms with van der Waals surface area (Å²) < 4.78 is 0. The van der Waals surface area contributed by atoms with Crippen LogP contribution in [0, 0.1) is 17.2 Å². The van der Waals surface area contributed by atoms with Gasteiger partial charge in [0.25, 0.3) is 0 Å². The first-order chi connectivity index (χ1) is 9.24. The van der Waals surface area contributed by atoms with Crippen LogP contribution in [0.15, 0.2) is 24.3 Å². The second-order valence-corrected chi connectivity index (χ2v) is 5.46. The molecule has 3 heteroatoms. The van der Waals surface area contributed by atoms with Crippen LogP contribution in [0.5, 0.6) is 0 Å². The maximum atomic E-state index is 9.44. The van der Waals surface area contributed by atoms with Crippen LogP contribution in [0.1, 0.15) is 49.8 Å². The largest absolute Gasteiger partial charge is 0.396 e. The molecule has 3 nitrogen and oxygen atoms in total. The average molecular weight is 258 g/mol. The molecule has 1 aromatic carbocycles. The summed E-state index contributed by atoms with van der Waals surface area (Å²) in [4.78, 5) is 0. The summed E-state index contributed by atoms with van der Waals surface area (Å²) in [6, 6.07) is 10.5. The molecule has 1 fully saturated rings. The Balaban J connectivity index is 2.03. The van der Waals surface area contributed by atoms with E-state index in [0.717, 1.165) is 18.4 Å². The van der Waals surface area contributed by atoms with E-state index in [2.05, 4.69) is 24.4 Å². The lowest BCUT2D eigenvalue weighted by Crippen LogP contribution is -2.41. The van der Waals surface area contributed by atoms with Crippen molar-refractivity contribution in [3.05, 3.63) is 35.4 Å². The molecule has 0 aromatic heterocycles. The maximum absolute atomic E-state index is 9.44. The molecule has 0 amide bonds. The molecular formula is C16H22N2O. The number of nitriles is 1. The molecule has 19 heavy (non-hydrogen) atoms. The van der Waals surface area contributed by atoms with Crippen LogP contribution in [0.3, 0.4) is 0 Å². The lowest BCUT2D eigenvalue weighted by Gasteiger charge is -2.33. The van der Waals surface area contributed by atoms with Gasteiger partial charge in [-0.15, -0.1) is 0 Å². The van der Waals surface area contributed by atoms with Crippen LogP contribution in [0.25, 0.3) is 0 Å². The zero-order valence-corrected chi connectivity index (χ0v) is 11.5. The average Bonchev–Trinajstić information content (AvgIpc) is 2.47. The number of nitrogens with one attached hydrogen (secondary N) is 1. The van der Waals surface area contributed by atoms with Gasteiger partial charge in [-0.1, -0.05) is 25.0 Å². The SMILES string of the molecule is CC(NC1CCCCC1CO)c1cccc(C#N)c1. The highest BCUT2D eigenvalue weighted by atomic mass is 16.3. The molecule has 102 valence electrons. The molecule has 0 heterocycles. The molecule has 0 spiro atoms. The fourth-order valence-electron chi connectivity index (χ4n) is 2.94. The fraction of sp³-hybridized carbons (Fsp3) is 0.562. The van der Waals surface area contributed by atoms with Gasteiger partial charge in [0, 0.05) is 18.7 Å². The van der Waals surface area contributed by atoms with E-state index in [9.17, 15) is 5.11 Å². The summed E-state index contributed by atoms with van der Waals surface area (Å²) in [7, 11) is 0. The second kappa shape index (κ2) is 6.70. The zero-order valence-electron chi connectivity index (χ0n) is 11.5. The van der Waals surface area contributed by atoms with E-state index in [1.165, 1.54) is 12.8 Å². The lowest BCUT2D eigenvalue weighted by atomic mass is 9.84. The maximum Gasteiger partial charge on any atom is 0.0991 e. The van der Waals surface area contributed by atoms with Crippen LogP contribution in [0.4, 0.5) is 0 Å². The summed E-state index contributed by atoms with van der Waals surface area (Å²) in [5.41, 5.74) is 1.84. The molecule has 0 bridgehead atoms. The molecule has 1 aliphatic rings. The minimum Gasteiger partial charge on any atom is -0.396 e. The van der Waals surface area contributed by atoms with Gasteiger partial charge >= 0.3 is 0 Å². The van der Waals surface area contributed by atoms with Crippen molar-refractivity contribution in [1.29, 1.82) is 5.26 Å². The Hall–Kier alpha value is -1.37. The molecule has 1 aliphatic carbocycles. The van der Waals surface area contributed by atoms with E-state index in [0.29, 0.717) is 17.5 Å². The Kier molecular flexibility index (Phi) is 4.95. The van der Waals surface area contributed by atoms with Gasteiger partial charge in [-0.2, -0.15) is 5.26 Å². The zero-order chi connectivity index (χ0) is 13.7. The van der Waals surface area contributed by atoms with E-state index in [4.69, 9.17) is 5.26 Å². The van der Waals surface area contributed by atoms with Gasteiger partial charge in [-0.3, -0.25) is 0 Å². The highest BCUT2D eigenvalue weighted by Crippen LogP contribution is 2.26. The normalized spacial score (nSPS) is 24.7. The van der Waals surface area contributed by atoms with Crippen LogP contribution in [-0.4, -0.2) is 17.8 Å². The van der Waals surface area contributed by atoms with E-state index in [1.54, 1.807) is 0 Å². The molecule has 2 rings (SSSR count). The molecular weight excluding hydrogens is 236 g/mol. The van der Waals surface area contributed by atoms with Crippen LogP contribution in [-0.2, 0) is 0 Å². The number of hydrogen-bond acceptors (Lipinski definition) is 3. The van der Waals surface area contributed by atoms with Gasteiger partial charge in [0.05, 0.1) is 11.6 Å². The number of nitrogens with zero attached hydrogens (tertiary/aromatic N) is 1. The Labute approximate surface area is 115 Å². The van der Waals surface area contributed by atoms with Crippen molar-refractivity contribution in [2.24, 2.45) is 5.92 Å². The highest BCUT2D eigenvalue weighted by molar-refractivity contribution is 5.34. The number of hydrogen-bond donors (Lipinski definition) is 2. The lowest BCUT2D eigenvalue weighted by molar-refractivity contribution is 0.147. The minimum atomic E-state index is 0.213. The summed E-state index contributed by atoms with van der Waals surface area (Å²) in [6.45, 7) is 2.39. The van der Waals surface area contributed by atoms with Crippen molar-refractivity contribution in [3.8, 4) is 6.07 Å². The predicted octanol–water partition coefficient (Wildman–Crippen LogP) is 2.76. The van der Waals surface area contributed by atoms with Gasteiger partial charge in [-0.25, -0.2) is 0 Å². The summed E-state index contributed by atoms with van der Waals surface area (Å²) in [6.07, 6.45) is 4.70. The van der Waals surface area contributed by atoms with E-state index in [1.807, 2.05) is 18.2 Å². The molecule has 3 atom stereocenters. The molecule has 1 aromatic rings. The quantitative estimate of drug-likeness (QED) is 0.873. The Morgan fingerprint density at radius 2 is 2.21 bits per heavy atom. The first kappa shape index (κ1) is 14.0.